The molecular formula is C13H20N2O4S. The van der Waals surface area contributed by atoms with Gasteiger partial charge in [0.25, 0.3) is 0 Å². The first-order chi connectivity index (χ1) is 9.39. The van der Waals surface area contributed by atoms with Gasteiger partial charge in [-0.3, -0.25) is 4.79 Å². The number of nitrogens with one attached hydrogen (secondary N) is 1. The Labute approximate surface area is 119 Å². The summed E-state index contributed by atoms with van der Waals surface area (Å²) in [7, 11) is -0.560. The number of benzene rings is 1. The number of nitrogens with zero attached hydrogens (tertiary/aromatic N) is 1. The second kappa shape index (κ2) is 7.25. The summed E-state index contributed by atoms with van der Waals surface area (Å²) in [5.41, 5.74) is 0.477. The molecule has 1 aromatic carbocycles. The molecule has 6 nitrogen and oxygen atoms in total. The molecule has 7 heteroatoms. The lowest BCUT2D eigenvalue weighted by Gasteiger charge is -2.16. The minimum absolute atomic E-state index is 0.185. The Morgan fingerprint density at radius 1 is 1.30 bits per heavy atom. The topological polar surface area (TPSA) is 75.7 Å². The molecule has 0 fully saturated rings. The second-order valence-corrected chi connectivity index (χ2v) is 6.39. The number of rotatable bonds is 7. The molecule has 0 atom stereocenters. The maximum atomic E-state index is 12.1. The molecule has 1 aromatic rings. The number of anilines is 1. The quantitative estimate of drug-likeness (QED) is 0.768. The van der Waals surface area contributed by atoms with Crippen molar-refractivity contribution in [2.24, 2.45) is 0 Å². The van der Waals surface area contributed by atoms with Gasteiger partial charge in [0.05, 0.1) is 18.7 Å². The van der Waals surface area contributed by atoms with E-state index in [2.05, 4.69) is 5.32 Å². The monoisotopic (exact) mass is 300 g/mol. The highest BCUT2D eigenvalue weighted by Crippen LogP contribution is 2.22. The molecule has 0 aliphatic carbocycles. The minimum Gasteiger partial charge on any atom is -0.466 e. The number of carbonyl (C=O) groups is 1. The molecule has 0 aromatic heterocycles. The second-order valence-electron chi connectivity index (χ2n) is 4.27. The van der Waals surface area contributed by atoms with Gasteiger partial charge in [0.2, 0.25) is 10.0 Å². The average Bonchev–Trinajstić information content (AvgIpc) is 2.39. The summed E-state index contributed by atoms with van der Waals surface area (Å²) >= 11 is 0. The van der Waals surface area contributed by atoms with Crippen LogP contribution in [0.1, 0.15) is 13.3 Å². The summed E-state index contributed by atoms with van der Waals surface area (Å²) in [5, 5.41) is 2.96. The van der Waals surface area contributed by atoms with Gasteiger partial charge in [-0.2, -0.15) is 0 Å². The molecule has 0 bridgehead atoms. The van der Waals surface area contributed by atoms with Crippen LogP contribution in [-0.2, 0) is 19.6 Å². The van der Waals surface area contributed by atoms with Crippen molar-refractivity contribution in [2.45, 2.75) is 18.2 Å². The lowest BCUT2D eigenvalue weighted by atomic mass is 10.3. The van der Waals surface area contributed by atoms with Gasteiger partial charge in [0.1, 0.15) is 4.90 Å². The Morgan fingerprint density at radius 2 is 1.95 bits per heavy atom. The summed E-state index contributed by atoms with van der Waals surface area (Å²) in [5.74, 6) is -0.312. The van der Waals surface area contributed by atoms with E-state index < -0.39 is 10.0 Å². The van der Waals surface area contributed by atoms with Gasteiger partial charge < -0.3 is 10.1 Å². The fourth-order valence-corrected chi connectivity index (χ4v) is 2.63. The molecule has 0 saturated heterocycles. The fourth-order valence-electron chi connectivity index (χ4n) is 1.57. The van der Waals surface area contributed by atoms with Crippen molar-refractivity contribution < 1.29 is 17.9 Å². The normalized spacial score (nSPS) is 11.4. The van der Waals surface area contributed by atoms with Crippen LogP contribution in [0.2, 0.25) is 0 Å². The van der Waals surface area contributed by atoms with E-state index in [1.165, 1.54) is 20.2 Å². The van der Waals surface area contributed by atoms with Crippen LogP contribution in [0.3, 0.4) is 0 Å². The molecule has 0 amide bonds. The van der Waals surface area contributed by atoms with E-state index in [0.717, 1.165) is 4.31 Å². The van der Waals surface area contributed by atoms with E-state index in [9.17, 15) is 13.2 Å². The van der Waals surface area contributed by atoms with Crippen molar-refractivity contribution in [3.05, 3.63) is 24.3 Å². The number of hydrogen-bond acceptors (Lipinski definition) is 5. The average molecular weight is 300 g/mol. The van der Waals surface area contributed by atoms with E-state index >= 15 is 0 Å². The zero-order valence-corrected chi connectivity index (χ0v) is 12.7. The molecule has 0 saturated carbocycles. The number of sulfonamides is 1. The maximum Gasteiger partial charge on any atom is 0.307 e. The SMILES string of the molecule is CCOC(=O)CCNc1ccccc1S(=O)(=O)N(C)C. The Morgan fingerprint density at radius 3 is 2.55 bits per heavy atom. The van der Waals surface area contributed by atoms with Crippen LogP contribution in [0.25, 0.3) is 0 Å². The zero-order valence-electron chi connectivity index (χ0n) is 11.9. The van der Waals surface area contributed by atoms with E-state index in [-0.39, 0.29) is 17.3 Å². The molecular weight excluding hydrogens is 280 g/mol. The molecule has 0 unspecified atom stereocenters. The van der Waals surface area contributed by atoms with E-state index in [1.54, 1.807) is 25.1 Å². The number of para-hydroxylation sites is 1. The van der Waals surface area contributed by atoms with E-state index in [4.69, 9.17) is 4.74 Å². The van der Waals surface area contributed by atoms with Crippen LogP contribution < -0.4 is 5.32 Å². The minimum atomic E-state index is -3.51. The first kappa shape index (κ1) is 16.5. The Hall–Kier alpha value is -1.60. The number of esters is 1. The highest BCUT2D eigenvalue weighted by atomic mass is 32.2. The fraction of sp³-hybridized carbons (Fsp3) is 0.462. The Kier molecular flexibility index (Phi) is 5.97. The maximum absolute atomic E-state index is 12.1. The third-order valence-corrected chi connectivity index (χ3v) is 4.47. The highest BCUT2D eigenvalue weighted by molar-refractivity contribution is 7.89. The third-order valence-electron chi connectivity index (χ3n) is 2.60. The summed E-state index contributed by atoms with van der Waals surface area (Å²) < 4.78 is 30.3. The van der Waals surface area contributed by atoms with E-state index in [0.29, 0.717) is 18.8 Å². The van der Waals surface area contributed by atoms with Gasteiger partial charge in [-0.05, 0) is 19.1 Å². The van der Waals surface area contributed by atoms with E-state index in [1.807, 2.05) is 0 Å². The van der Waals surface area contributed by atoms with Crippen LogP contribution in [0, 0.1) is 0 Å². The first-order valence-electron chi connectivity index (χ1n) is 6.30. The van der Waals surface area contributed by atoms with Crippen molar-refractivity contribution in [3.8, 4) is 0 Å². The highest BCUT2D eigenvalue weighted by Gasteiger charge is 2.20. The number of carbonyl (C=O) groups excluding carboxylic acids is 1. The van der Waals surface area contributed by atoms with Crippen molar-refractivity contribution >= 4 is 21.7 Å². The van der Waals surface area contributed by atoms with Crippen LogP contribution >= 0.6 is 0 Å². The summed E-state index contributed by atoms with van der Waals surface area (Å²) in [6.45, 7) is 2.40. The molecule has 112 valence electrons. The molecule has 0 aliphatic rings. The van der Waals surface area contributed by atoms with Crippen LogP contribution in [0.15, 0.2) is 29.2 Å². The van der Waals surface area contributed by atoms with Crippen LogP contribution in [0.4, 0.5) is 5.69 Å². The standard InChI is InChI=1S/C13H20N2O4S/c1-4-19-13(16)9-10-14-11-7-5-6-8-12(11)20(17,18)15(2)3/h5-8,14H,4,9-10H2,1-3H3. The molecule has 20 heavy (non-hydrogen) atoms. The van der Waals surface area contributed by atoms with Gasteiger partial charge in [-0.1, -0.05) is 12.1 Å². The van der Waals surface area contributed by atoms with Crippen molar-refractivity contribution in [2.75, 3.05) is 32.6 Å². The molecule has 0 aliphatic heterocycles. The first-order valence-corrected chi connectivity index (χ1v) is 7.74. The smallest absolute Gasteiger partial charge is 0.307 e. The number of ether oxygens (including phenoxy) is 1. The summed E-state index contributed by atoms with van der Waals surface area (Å²) in [6.07, 6.45) is 0.185. The Balaban J connectivity index is 2.80. The summed E-state index contributed by atoms with van der Waals surface area (Å²) in [6, 6.07) is 6.60. The van der Waals surface area contributed by atoms with Crippen LogP contribution in [-0.4, -0.2) is 45.9 Å². The number of hydrogen-bond donors (Lipinski definition) is 1. The third kappa shape index (κ3) is 4.21. The summed E-state index contributed by atoms with van der Waals surface area (Å²) in [4.78, 5) is 11.4. The zero-order chi connectivity index (χ0) is 15.2. The van der Waals surface area contributed by atoms with Gasteiger partial charge in [-0.25, -0.2) is 12.7 Å². The van der Waals surface area contributed by atoms with Crippen molar-refractivity contribution in [1.29, 1.82) is 0 Å². The lowest BCUT2D eigenvalue weighted by Crippen LogP contribution is -2.23. The molecule has 0 radical (unpaired) electrons. The largest absolute Gasteiger partial charge is 0.466 e. The lowest BCUT2D eigenvalue weighted by molar-refractivity contribution is -0.142. The van der Waals surface area contributed by atoms with Gasteiger partial charge in [0.15, 0.2) is 0 Å². The van der Waals surface area contributed by atoms with Crippen molar-refractivity contribution in [1.82, 2.24) is 4.31 Å². The van der Waals surface area contributed by atoms with Gasteiger partial charge in [0, 0.05) is 20.6 Å². The molecule has 0 spiro atoms. The van der Waals surface area contributed by atoms with Crippen molar-refractivity contribution in [3.63, 3.8) is 0 Å². The van der Waals surface area contributed by atoms with Gasteiger partial charge in [-0.15, -0.1) is 0 Å². The van der Waals surface area contributed by atoms with Crippen LogP contribution in [0.5, 0.6) is 0 Å². The predicted molar refractivity (Wildman–Crippen MR) is 77.1 cm³/mol. The molecule has 1 N–H and O–H groups in total. The molecule has 0 heterocycles. The van der Waals surface area contributed by atoms with Gasteiger partial charge >= 0.3 is 5.97 Å². The Bertz CT molecular complexity index is 555. The predicted octanol–water partition coefficient (Wildman–Crippen LogP) is 1.30. The molecule has 1 rings (SSSR count).